The van der Waals surface area contributed by atoms with Gasteiger partial charge in [-0.3, -0.25) is 0 Å². The molecule has 1 aliphatic carbocycles. The van der Waals surface area contributed by atoms with Crippen LogP contribution >= 0.6 is 11.6 Å². The molecule has 204 valence electrons. The summed E-state index contributed by atoms with van der Waals surface area (Å²) in [6, 6.07) is 13.6. The minimum Gasteiger partial charge on any atom is -0.493 e. The number of ether oxygens (including phenoxy) is 2. The average molecular weight is 552 g/mol. The Hall–Kier alpha value is -3.85. The number of fused-ring (bicyclic) bond motifs is 1. The first-order chi connectivity index (χ1) is 19.0. The van der Waals surface area contributed by atoms with Crippen LogP contribution in [0, 0.1) is 0 Å². The number of nitrogens with zero attached hydrogens (tertiary/aromatic N) is 3. The first-order valence-corrected chi connectivity index (χ1v) is 13.5. The number of benzene rings is 2. The van der Waals surface area contributed by atoms with Crippen LogP contribution in [0.2, 0.25) is 0 Å². The average Bonchev–Trinajstić information content (AvgIpc) is 2.96. The summed E-state index contributed by atoms with van der Waals surface area (Å²) < 4.78 is 26.5. The zero-order valence-electron chi connectivity index (χ0n) is 21.8. The monoisotopic (exact) mass is 551 g/mol. The van der Waals surface area contributed by atoms with E-state index in [9.17, 15) is 9.18 Å². The number of carbonyl (C=O) groups is 1. The van der Waals surface area contributed by atoms with Crippen molar-refractivity contribution in [2.45, 2.75) is 38.2 Å². The number of piperidine rings is 1. The van der Waals surface area contributed by atoms with E-state index < -0.39 is 5.83 Å². The van der Waals surface area contributed by atoms with Gasteiger partial charge in [-0.1, -0.05) is 48.0 Å². The van der Waals surface area contributed by atoms with Crippen molar-refractivity contribution >= 4 is 34.4 Å². The minimum absolute atomic E-state index is 0.0558. The lowest BCUT2D eigenvalue weighted by molar-refractivity contribution is 0.108. The summed E-state index contributed by atoms with van der Waals surface area (Å²) in [7, 11) is 1.58. The summed E-state index contributed by atoms with van der Waals surface area (Å²) in [5.41, 5.74) is 2.21. The van der Waals surface area contributed by atoms with Crippen molar-refractivity contribution in [3.8, 4) is 11.5 Å². The van der Waals surface area contributed by atoms with Gasteiger partial charge in [-0.15, -0.1) is 0 Å². The van der Waals surface area contributed by atoms with Crippen molar-refractivity contribution in [1.82, 2.24) is 20.2 Å². The van der Waals surface area contributed by atoms with Crippen molar-refractivity contribution in [1.29, 1.82) is 0 Å². The molecule has 10 heteroatoms. The van der Waals surface area contributed by atoms with Crippen LogP contribution in [0.4, 0.5) is 15.0 Å². The number of hydrogen-bond acceptors (Lipinski definition) is 6. The molecule has 2 N–H and O–H groups in total. The molecule has 0 atom stereocenters. The standard InChI is InChI=1S/C29H31ClFN5O3/c1-38-25-17-24-21(28(34-18-33-24)35-23-9-5-8-22(30)27(23)31)16-26(25)39-20-11-14-36(15-12-20)29(37)32-13-10-19-6-3-2-4-7-19/h2-4,6-8,16-18,20H,5,9-15H2,1H3,(H,32,37)(H,33,34,35). The first kappa shape index (κ1) is 26.7. The van der Waals surface area contributed by atoms with Crippen LogP contribution in [0.25, 0.3) is 10.9 Å². The van der Waals surface area contributed by atoms with Crippen LogP contribution in [0.5, 0.6) is 11.5 Å². The molecule has 1 aliphatic heterocycles. The fourth-order valence-electron chi connectivity index (χ4n) is 4.79. The Morgan fingerprint density at radius 1 is 1.15 bits per heavy atom. The molecule has 39 heavy (non-hydrogen) atoms. The highest BCUT2D eigenvalue weighted by molar-refractivity contribution is 6.31. The normalized spacial score (nSPS) is 16.2. The predicted octanol–water partition coefficient (Wildman–Crippen LogP) is 5.94. The Morgan fingerprint density at radius 2 is 1.95 bits per heavy atom. The molecule has 0 saturated carbocycles. The van der Waals surface area contributed by atoms with Crippen LogP contribution in [-0.2, 0) is 6.42 Å². The molecular formula is C29H31ClFN5O3. The molecule has 1 aromatic heterocycles. The molecule has 0 spiro atoms. The van der Waals surface area contributed by atoms with Crippen molar-refractivity contribution in [3.05, 3.63) is 77.0 Å². The molecule has 1 fully saturated rings. The third-order valence-corrected chi connectivity index (χ3v) is 7.26. The largest absolute Gasteiger partial charge is 0.493 e. The molecule has 2 aromatic carbocycles. The van der Waals surface area contributed by atoms with Crippen LogP contribution in [0.1, 0.15) is 31.2 Å². The van der Waals surface area contributed by atoms with Crippen molar-refractivity contribution in [2.75, 3.05) is 32.1 Å². The van der Waals surface area contributed by atoms with Crippen molar-refractivity contribution < 1.29 is 18.7 Å². The zero-order chi connectivity index (χ0) is 27.2. The Balaban J connectivity index is 1.23. The molecule has 8 nitrogen and oxygen atoms in total. The van der Waals surface area contributed by atoms with Gasteiger partial charge in [0, 0.05) is 43.9 Å². The second-order valence-corrected chi connectivity index (χ2v) is 9.93. The number of hydrogen-bond donors (Lipinski definition) is 2. The Kier molecular flexibility index (Phi) is 8.46. The van der Waals surface area contributed by atoms with Gasteiger partial charge in [-0.2, -0.15) is 0 Å². The summed E-state index contributed by atoms with van der Waals surface area (Å²) >= 11 is 5.99. The van der Waals surface area contributed by atoms with Gasteiger partial charge in [0.2, 0.25) is 0 Å². The molecule has 0 bridgehead atoms. The quantitative estimate of drug-likeness (QED) is 0.360. The molecule has 0 unspecified atom stereocenters. The number of likely N-dealkylation sites (tertiary alicyclic amines) is 1. The lowest BCUT2D eigenvalue weighted by atomic mass is 10.1. The first-order valence-electron chi connectivity index (χ1n) is 13.1. The van der Waals surface area contributed by atoms with Crippen molar-refractivity contribution in [3.63, 3.8) is 0 Å². The number of amides is 2. The maximum atomic E-state index is 14.6. The van der Waals surface area contributed by atoms with E-state index in [4.69, 9.17) is 21.1 Å². The topological polar surface area (TPSA) is 88.6 Å². The Morgan fingerprint density at radius 3 is 2.72 bits per heavy atom. The smallest absolute Gasteiger partial charge is 0.317 e. The number of aromatic nitrogens is 2. The summed E-state index contributed by atoms with van der Waals surface area (Å²) in [5.74, 6) is 1.08. The number of allylic oxidation sites excluding steroid dienone is 4. The summed E-state index contributed by atoms with van der Waals surface area (Å²) in [6.07, 6.45) is 6.30. The van der Waals surface area contributed by atoms with Gasteiger partial charge >= 0.3 is 6.03 Å². The van der Waals surface area contributed by atoms with Crippen LogP contribution in [0.15, 0.2) is 71.4 Å². The van der Waals surface area contributed by atoms with E-state index in [1.165, 1.54) is 11.9 Å². The van der Waals surface area contributed by atoms with E-state index in [0.29, 0.717) is 79.2 Å². The number of rotatable bonds is 8. The van der Waals surface area contributed by atoms with Crippen molar-refractivity contribution in [2.24, 2.45) is 0 Å². The highest BCUT2D eigenvalue weighted by Crippen LogP contribution is 2.37. The van der Waals surface area contributed by atoms with Gasteiger partial charge in [0.25, 0.3) is 0 Å². The van der Waals surface area contributed by atoms with Gasteiger partial charge in [0.1, 0.15) is 18.2 Å². The van der Waals surface area contributed by atoms with E-state index in [0.717, 1.165) is 6.42 Å². The van der Waals surface area contributed by atoms with E-state index in [2.05, 4.69) is 32.7 Å². The number of nitrogens with one attached hydrogen (secondary N) is 2. The number of halogens is 2. The van der Waals surface area contributed by atoms with Gasteiger partial charge in [0.05, 0.1) is 23.4 Å². The SMILES string of the molecule is COc1cc2ncnc(NC3=C(F)C(Cl)=CCC3)c2cc1OC1CCN(C(=O)NCCc2ccccc2)CC1. The lowest BCUT2D eigenvalue weighted by Gasteiger charge is -2.32. The lowest BCUT2D eigenvalue weighted by Crippen LogP contribution is -2.46. The van der Waals surface area contributed by atoms with Gasteiger partial charge in [0.15, 0.2) is 17.3 Å². The highest BCUT2D eigenvalue weighted by Gasteiger charge is 2.25. The third-order valence-electron chi connectivity index (χ3n) is 6.94. The second-order valence-electron chi connectivity index (χ2n) is 9.52. The zero-order valence-corrected chi connectivity index (χ0v) is 22.5. The van der Waals surface area contributed by atoms with Gasteiger partial charge in [-0.05, 0) is 30.9 Å². The van der Waals surface area contributed by atoms with E-state index in [-0.39, 0.29) is 17.2 Å². The van der Waals surface area contributed by atoms with Gasteiger partial charge < -0.3 is 25.0 Å². The number of methoxy groups -OCH3 is 1. The highest BCUT2D eigenvalue weighted by atomic mass is 35.5. The fourth-order valence-corrected chi connectivity index (χ4v) is 5.01. The van der Waals surface area contributed by atoms with Crippen LogP contribution in [0.3, 0.4) is 0 Å². The third kappa shape index (κ3) is 6.42. The van der Waals surface area contributed by atoms with E-state index >= 15 is 0 Å². The fraction of sp³-hybridized carbons (Fsp3) is 0.345. The second kappa shape index (κ2) is 12.3. The predicted molar refractivity (Wildman–Crippen MR) is 150 cm³/mol. The van der Waals surface area contributed by atoms with E-state index in [1.807, 2.05) is 29.2 Å². The van der Waals surface area contributed by atoms with Crippen LogP contribution < -0.4 is 20.1 Å². The van der Waals surface area contributed by atoms with Crippen LogP contribution in [-0.4, -0.2) is 53.7 Å². The summed E-state index contributed by atoms with van der Waals surface area (Å²) in [6.45, 7) is 1.78. The molecule has 5 rings (SSSR count). The summed E-state index contributed by atoms with van der Waals surface area (Å²) in [4.78, 5) is 23.2. The van der Waals surface area contributed by atoms with Gasteiger partial charge in [-0.25, -0.2) is 19.2 Å². The molecule has 1 saturated heterocycles. The summed E-state index contributed by atoms with van der Waals surface area (Å²) in [5, 5.41) is 6.89. The number of anilines is 1. The molecular weight excluding hydrogens is 521 g/mol. The Bertz CT molecular complexity index is 1390. The minimum atomic E-state index is -0.476. The molecule has 3 aromatic rings. The molecule has 2 heterocycles. The molecule has 2 aliphatic rings. The molecule has 0 radical (unpaired) electrons. The number of carbonyl (C=O) groups excluding carboxylic acids is 1. The maximum Gasteiger partial charge on any atom is 0.317 e. The maximum absolute atomic E-state index is 14.6. The number of urea groups is 1. The molecule has 2 amide bonds. The van der Waals surface area contributed by atoms with E-state index in [1.54, 1.807) is 19.3 Å². The Labute approximate surface area is 231 Å².